The van der Waals surface area contributed by atoms with Crippen LogP contribution in [0.5, 0.6) is 5.75 Å². The Kier molecular flexibility index (Phi) is 6.19. The zero-order valence-electron chi connectivity index (χ0n) is 16.5. The van der Waals surface area contributed by atoms with Gasteiger partial charge in [-0.3, -0.25) is 4.79 Å². The number of ether oxygens (including phenoxy) is 2. The van der Waals surface area contributed by atoms with Crippen molar-refractivity contribution in [1.82, 2.24) is 0 Å². The van der Waals surface area contributed by atoms with E-state index in [2.05, 4.69) is 17.1 Å². The summed E-state index contributed by atoms with van der Waals surface area (Å²) in [6, 6.07) is 12.3. The molecule has 1 saturated heterocycles. The molecular weight excluding hydrogens is 356 g/mol. The summed E-state index contributed by atoms with van der Waals surface area (Å²) in [4.78, 5) is 27.1. The Morgan fingerprint density at radius 1 is 1.07 bits per heavy atom. The van der Waals surface area contributed by atoms with Crippen molar-refractivity contribution in [3.8, 4) is 5.75 Å². The first-order valence-electron chi connectivity index (χ1n) is 9.45. The number of carbonyl (C=O) groups is 2. The number of nitrogens with one attached hydrogen (secondary N) is 1. The smallest absolute Gasteiger partial charge is 0.337 e. The second-order valence-corrected chi connectivity index (χ2v) is 7.05. The lowest BCUT2D eigenvalue weighted by Gasteiger charge is -2.33. The second kappa shape index (κ2) is 8.78. The molecule has 0 bridgehead atoms. The molecule has 0 saturated carbocycles. The number of esters is 1. The number of rotatable bonds is 5. The Morgan fingerprint density at radius 2 is 1.79 bits per heavy atom. The quantitative estimate of drug-likeness (QED) is 0.793. The van der Waals surface area contributed by atoms with Gasteiger partial charge < -0.3 is 19.7 Å². The van der Waals surface area contributed by atoms with E-state index in [1.165, 1.54) is 14.2 Å². The van der Waals surface area contributed by atoms with Crippen LogP contribution in [0.25, 0.3) is 0 Å². The van der Waals surface area contributed by atoms with Crippen LogP contribution in [-0.2, 0) is 4.74 Å². The minimum Gasteiger partial charge on any atom is -0.496 e. The topological polar surface area (TPSA) is 67.9 Å². The predicted octanol–water partition coefficient (Wildman–Crippen LogP) is 3.97. The molecule has 1 amide bonds. The van der Waals surface area contributed by atoms with Gasteiger partial charge in [-0.2, -0.15) is 0 Å². The first-order chi connectivity index (χ1) is 13.5. The van der Waals surface area contributed by atoms with Gasteiger partial charge in [-0.25, -0.2) is 4.79 Å². The molecule has 0 atom stereocenters. The SMILES string of the molecule is COC(=O)c1ccc(N2CCC(C)CC2)c(NC(=O)c2ccccc2OC)c1. The van der Waals surface area contributed by atoms with Gasteiger partial charge in [0.15, 0.2) is 0 Å². The molecule has 1 N–H and O–H groups in total. The van der Waals surface area contributed by atoms with Gasteiger partial charge in [0, 0.05) is 13.1 Å². The van der Waals surface area contributed by atoms with E-state index in [9.17, 15) is 9.59 Å². The molecule has 6 heteroatoms. The molecule has 3 rings (SSSR count). The van der Waals surface area contributed by atoms with Crippen LogP contribution in [-0.4, -0.2) is 39.2 Å². The van der Waals surface area contributed by atoms with Crippen molar-refractivity contribution in [1.29, 1.82) is 0 Å². The van der Waals surface area contributed by atoms with E-state index in [-0.39, 0.29) is 5.91 Å². The number of hydrogen-bond donors (Lipinski definition) is 1. The van der Waals surface area contributed by atoms with Crippen molar-refractivity contribution in [3.05, 3.63) is 53.6 Å². The Hall–Kier alpha value is -3.02. The first-order valence-corrected chi connectivity index (χ1v) is 9.45. The summed E-state index contributed by atoms with van der Waals surface area (Å²) in [6.45, 7) is 4.08. The van der Waals surface area contributed by atoms with Gasteiger partial charge in [0.05, 0.1) is 36.7 Å². The van der Waals surface area contributed by atoms with Crippen molar-refractivity contribution in [3.63, 3.8) is 0 Å². The van der Waals surface area contributed by atoms with Gasteiger partial charge in [0.2, 0.25) is 0 Å². The minimum absolute atomic E-state index is 0.286. The van der Waals surface area contributed by atoms with Crippen molar-refractivity contribution in [2.45, 2.75) is 19.8 Å². The van der Waals surface area contributed by atoms with Crippen LogP contribution in [0.2, 0.25) is 0 Å². The van der Waals surface area contributed by atoms with Crippen LogP contribution in [0.15, 0.2) is 42.5 Å². The van der Waals surface area contributed by atoms with Gasteiger partial charge in [-0.1, -0.05) is 19.1 Å². The van der Waals surface area contributed by atoms with Crippen LogP contribution >= 0.6 is 0 Å². The molecule has 1 fully saturated rings. The average Bonchev–Trinajstić information content (AvgIpc) is 2.73. The number of benzene rings is 2. The maximum atomic E-state index is 12.9. The summed E-state index contributed by atoms with van der Waals surface area (Å²) >= 11 is 0. The van der Waals surface area contributed by atoms with Crippen LogP contribution in [0.1, 0.15) is 40.5 Å². The molecule has 0 unspecified atom stereocenters. The summed E-state index contributed by atoms with van der Waals surface area (Å²) in [6.07, 6.45) is 2.19. The normalized spacial score (nSPS) is 14.5. The van der Waals surface area contributed by atoms with Crippen LogP contribution in [0.3, 0.4) is 0 Å². The lowest BCUT2D eigenvalue weighted by molar-refractivity contribution is 0.0600. The van der Waals surface area contributed by atoms with Crippen LogP contribution < -0.4 is 15.0 Å². The molecule has 1 aliphatic rings. The average molecular weight is 382 g/mol. The molecule has 28 heavy (non-hydrogen) atoms. The fourth-order valence-electron chi connectivity index (χ4n) is 3.43. The van der Waals surface area contributed by atoms with Gasteiger partial charge in [-0.05, 0) is 49.1 Å². The van der Waals surface area contributed by atoms with E-state index in [4.69, 9.17) is 9.47 Å². The van der Waals surface area contributed by atoms with Crippen molar-refractivity contribution in [2.24, 2.45) is 5.92 Å². The third-order valence-electron chi connectivity index (χ3n) is 5.14. The van der Waals surface area contributed by atoms with Gasteiger partial charge >= 0.3 is 5.97 Å². The highest BCUT2D eigenvalue weighted by Crippen LogP contribution is 2.32. The summed E-state index contributed by atoms with van der Waals surface area (Å²) in [5.74, 6) is 0.465. The maximum Gasteiger partial charge on any atom is 0.337 e. The molecule has 148 valence electrons. The monoisotopic (exact) mass is 382 g/mol. The first kappa shape index (κ1) is 19.7. The Morgan fingerprint density at radius 3 is 2.46 bits per heavy atom. The molecule has 0 radical (unpaired) electrons. The van der Waals surface area contributed by atoms with Crippen molar-refractivity contribution >= 4 is 23.3 Å². The fourth-order valence-corrected chi connectivity index (χ4v) is 3.43. The number of amides is 1. The third kappa shape index (κ3) is 4.27. The highest BCUT2D eigenvalue weighted by molar-refractivity contribution is 6.08. The predicted molar refractivity (Wildman–Crippen MR) is 109 cm³/mol. The van der Waals surface area contributed by atoms with Crippen LogP contribution in [0, 0.1) is 5.92 Å². The molecule has 0 spiro atoms. The van der Waals surface area contributed by atoms with E-state index in [0.717, 1.165) is 31.6 Å². The lowest BCUT2D eigenvalue weighted by Crippen LogP contribution is -2.33. The number of carbonyl (C=O) groups excluding carboxylic acids is 2. The number of nitrogens with zero attached hydrogens (tertiary/aromatic N) is 1. The maximum absolute atomic E-state index is 12.9. The summed E-state index contributed by atoms with van der Waals surface area (Å²) in [7, 11) is 2.87. The molecule has 2 aromatic carbocycles. The zero-order chi connectivity index (χ0) is 20.1. The molecule has 0 aliphatic carbocycles. The van der Waals surface area contributed by atoms with Gasteiger partial charge in [0.25, 0.3) is 5.91 Å². The zero-order valence-corrected chi connectivity index (χ0v) is 16.5. The van der Waals surface area contributed by atoms with E-state index in [0.29, 0.717) is 28.5 Å². The number of piperidine rings is 1. The molecule has 1 heterocycles. The second-order valence-electron chi connectivity index (χ2n) is 7.05. The lowest BCUT2D eigenvalue weighted by atomic mass is 9.98. The number of hydrogen-bond acceptors (Lipinski definition) is 5. The van der Waals surface area contributed by atoms with E-state index in [1.54, 1.807) is 30.3 Å². The molecule has 0 aromatic heterocycles. The molecule has 2 aromatic rings. The Bertz CT molecular complexity index is 857. The summed E-state index contributed by atoms with van der Waals surface area (Å²) in [5.41, 5.74) is 2.33. The largest absolute Gasteiger partial charge is 0.496 e. The number of para-hydroxylation sites is 1. The van der Waals surface area contributed by atoms with E-state index < -0.39 is 5.97 Å². The van der Waals surface area contributed by atoms with Gasteiger partial charge in [-0.15, -0.1) is 0 Å². The highest BCUT2D eigenvalue weighted by Gasteiger charge is 2.21. The minimum atomic E-state index is -0.438. The standard InChI is InChI=1S/C22H26N2O4/c1-15-10-12-24(13-11-15)19-9-8-16(22(26)28-3)14-18(19)23-21(25)17-6-4-5-7-20(17)27-2/h4-9,14-15H,10-13H2,1-3H3,(H,23,25). The fraction of sp³-hybridized carbons (Fsp3) is 0.364. The summed E-state index contributed by atoms with van der Waals surface area (Å²) in [5, 5.41) is 2.96. The number of methoxy groups -OCH3 is 2. The van der Waals surface area contributed by atoms with Crippen molar-refractivity contribution < 1.29 is 19.1 Å². The summed E-state index contributed by atoms with van der Waals surface area (Å²) < 4.78 is 10.1. The molecule has 6 nitrogen and oxygen atoms in total. The van der Waals surface area contributed by atoms with E-state index in [1.807, 2.05) is 12.1 Å². The Balaban J connectivity index is 1.94. The molecule has 1 aliphatic heterocycles. The molecular formula is C22H26N2O4. The highest BCUT2D eigenvalue weighted by atomic mass is 16.5. The van der Waals surface area contributed by atoms with E-state index >= 15 is 0 Å². The van der Waals surface area contributed by atoms with Crippen LogP contribution in [0.4, 0.5) is 11.4 Å². The Labute approximate surface area is 165 Å². The van der Waals surface area contributed by atoms with Crippen molar-refractivity contribution in [2.75, 3.05) is 37.5 Å². The van der Waals surface area contributed by atoms with Gasteiger partial charge in [0.1, 0.15) is 5.75 Å². The number of anilines is 2. The third-order valence-corrected chi connectivity index (χ3v) is 5.14.